The SMILES string of the molecule is CCOc1cc([C@H]2NC(=O)NC(C)=C2C(=O)OC)ccc1OC[C@@H](O)N/N=C\c1cc(I)c(OCc2ccc(F)cc2)c(OCC)c1. The first-order valence-electron chi connectivity index (χ1n) is 14.7. The van der Waals surface area contributed by atoms with E-state index in [2.05, 4.69) is 43.8 Å². The number of carbonyl (C=O) groups is 2. The molecule has 0 aromatic heterocycles. The number of methoxy groups -OCH3 is 1. The van der Waals surface area contributed by atoms with E-state index in [4.69, 9.17) is 23.7 Å². The van der Waals surface area contributed by atoms with Gasteiger partial charge in [0.25, 0.3) is 0 Å². The van der Waals surface area contributed by atoms with Crippen molar-refractivity contribution >= 4 is 40.8 Å². The van der Waals surface area contributed by atoms with Crippen molar-refractivity contribution in [2.24, 2.45) is 5.10 Å². The summed E-state index contributed by atoms with van der Waals surface area (Å²) in [6.45, 7) is 6.09. The van der Waals surface area contributed by atoms with Crippen LogP contribution in [0.2, 0.25) is 0 Å². The molecule has 0 bridgehead atoms. The molecule has 0 unspecified atom stereocenters. The van der Waals surface area contributed by atoms with Gasteiger partial charge in [-0.1, -0.05) is 18.2 Å². The summed E-state index contributed by atoms with van der Waals surface area (Å²) in [6, 6.07) is 13.4. The second kappa shape index (κ2) is 16.8. The molecule has 4 N–H and O–H groups in total. The number of allylic oxidation sites excluding steroid dienone is 1. The van der Waals surface area contributed by atoms with Crippen LogP contribution < -0.4 is 35.0 Å². The average Bonchev–Trinajstić information content (AvgIpc) is 3.04. The van der Waals surface area contributed by atoms with Crippen molar-refractivity contribution in [2.75, 3.05) is 26.9 Å². The third kappa shape index (κ3) is 9.48. The molecular weight excluding hydrogens is 726 g/mol. The van der Waals surface area contributed by atoms with E-state index in [9.17, 15) is 19.1 Å². The predicted molar refractivity (Wildman–Crippen MR) is 180 cm³/mol. The minimum absolute atomic E-state index is 0.175. The van der Waals surface area contributed by atoms with Crippen molar-refractivity contribution in [1.29, 1.82) is 0 Å². The second-order valence-electron chi connectivity index (χ2n) is 10.1. The first-order valence-corrected chi connectivity index (χ1v) is 15.8. The van der Waals surface area contributed by atoms with Crippen molar-refractivity contribution in [3.05, 3.63) is 91.9 Å². The van der Waals surface area contributed by atoms with Crippen molar-refractivity contribution < 1.29 is 42.8 Å². The highest BCUT2D eigenvalue weighted by Gasteiger charge is 2.32. The molecule has 250 valence electrons. The Morgan fingerprint density at radius 2 is 1.77 bits per heavy atom. The van der Waals surface area contributed by atoms with E-state index in [1.807, 2.05) is 13.0 Å². The lowest BCUT2D eigenvalue weighted by Crippen LogP contribution is -2.45. The molecule has 1 heterocycles. The van der Waals surface area contributed by atoms with Crippen LogP contribution in [0.4, 0.5) is 9.18 Å². The number of ether oxygens (including phenoxy) is 5. The predicted octanol–water partition coefficient (Wildman–Crippen LogP) is 4.93. The summed E-state index contributed by atoms with van der Waals surface area (Å²) in [5.41, 5.74) is 5.36. The van der Waals surface area contributed by atoms with Gasteiger partial charge in [0.05, 0.1) is 41.7 Å². The van der Waals surface area contributed by atoms with Crippen molar-refractivity contribution in [3.63, 3.8) is 0 Å². The zero-order chi connectivity index (χ0) is 33.9. The Morgan fingerprint density at radius 1 is 1.04 bits per heavy atom. The van der Waals surface area contributed by atoms with Gasteiger partial charge in [-0.05, 0) is 96.5 Å². The van der Waals surface area contributed by atoms with Crippen LogP contribution in [0.25, 0.3) is 0 Å². The fraction of sp³-hybridized carbons (Fsp3) is 0.303. The van der Waals surface area contributed by atoms with Gasteiger partial charge in [-0.25, -0.2) is 14.0 Å². The number of rotatable bonds is 15. The number of hydrazone groups is 1. The Bertz CT molecular complexity index is 1630. The standard InChI is InChI=1S/C33H36FIN4O8/c1-5-44-26-15-22(30-29(32(41)43-4)19(3)37-33(42)38-30)9-12-25(26)46-18-28(40)39-36-16-21-13-24(35)31(27(14-21)45-6-2)47-17-20-7-10-23(34)11-8-20/h7-16,28,30,39-40H,5-6,17-18H2,1-4H3,(H2,37,38,42)/b36-16-/t28-,30-/m1/s1. The molecule has 0 fully saturated rings. The average molecular weight is 763 g/mol. The number of nitrogens with one attached hydrogen (secondary N) is 3. The van der Waals surface area contributed by atoms with E-state index < -0.39 is 24.3 Å². The minimum atomic E-state index is -1.18. The lowest BCUT2D eigenvalue weighted by molar-refractivity contribution is -0.136. The first kappa shape index (κ1) is 35.3. The third-order valence-corrected chi connectivity index (χ3v) is 7.54. The van der Waals surface area contributed by atoms with Crippen LogP contribution in [0.15, 0.2) is 71.0 Å². The highest BCUT2D eigenvalue weighted by atomic mass is 127. The van der Waals surface area contributed by atoms with Crippen molar-refractivity contribution in [3.8, 4) is 23.0 Å². The number of esters is 1. The Kier molecular flexibility index (Phi) is 12.6. The number of amides is 2. The second-order valence-corrected chi connectivity index (χ2v) is 11.3. The normalized spacial score (nSPS) is 15.0. The number of carbonyl (C=O) groups excluding carboxylic acids is 2. The van der Waals surface area contributed by atoms with Crippen molar-refractivity contribution in [2.45, 2.75) is 39.6 Å². The van der Waals surface area contributed by atoms with Crippen LogP contribution in [0.3, 0.4) is 0 Å². The van der Waals surface area contributed by atoms with Gasteiger partial charge in [0.1, 0.15) is 19.0 Å². The van der Waals surface area contributed by atoms with Gasteiger partial charge < -0.3 is 39.4 Å². The summed E-state index contributed by atoms with van der Waals surface area (Å²) in [6.07, 6.45) is 0.351. The Morgan fingerprint density at radius 3 is 2.47 bits per heavy atom. The molecule has 4 rings (SSSR count). The zero-order valence-corrected chi connectivity index (χ0v) is 28.4. The molecular formula is C33H36FIN4O8. The van der Waals surface area contributed by atoms with Crippen LogP contribution in [0.1, 0.15) is 43.5 Å². The fourth-order valence-corrected chi connectivity index (χ4v) is 5.40. The molecule has 0 radical (unpaired) electrons. The molecule has 0 aliphatic carbocycles. The third-order valence-electron chi connectivity index (χ3n) is 6.74. The molecule has 12 nitrogen and oxygen atoms in total. The quantitative estimate of drug-likeness (QED) is 0.0557. The summed E-state index contributed by atoms with van der Waals surface area (Å²) >= 11 is 2.14. The highest BCUT2D eigenvalue weighted by molar-refractivity contribution is 14.1. The Labute approximate surface area is 285 Å². The molecule has 1 aliphatic rings. The summed E-state index contributed by atoms with van der Waals surface area (Å²) in [5.74, 6) is 0.881. The van der Waals surface area contributed by atoms with E-state index >= 15 is 0 Å². The Balaban J connectivity index is 1.40. The van der Waals surface area contributed by atoms with Gasteiger partial charge in [-0.15, -0.1) is 0 Å². The van der Waals surface area contributed by atoms with E-state index in [-0.39, 0.29) is 24.6 Å². The molecule has 2 atom stereocenters. The minimum Gasteiger partial charge on any atom is -0.490 e. The number of aliphatic hydroxyl groups excluding tert-OH is 1. The maximum Gasteiger partial charge on any atom is 0.337 e. The Hall–Kier alpha value is -4.57. The lowest BCUT2D eigenvalue weighted by atomic mass is 9.95. The van der Waals surface area contributed by atoms with Gasteiger partial charge >= 0.3 is 12.0 Å². The molecule has 14 heteroatoms. The lowest BCUT2D eigenvalue weighted by Gasteiger charge is -2.28. The van der Waals surface area contributed by atoms with Gasteiger partial charge in [-0.3, -0.25) is 5.43 Å². The summed E-state index contributed by atoms with van der Waals surface area (Å²) in [7, 11) is 1.27. The monoisotopic (exact) mass is 762 g/mol. The van der Waals surface area contributed by atoms with E-state index in [1.165, 1.54) is 25.5 Å². The van der Waals surface area contributed by atoms with Crippen LogP contribution in [-0.4, -0.2) is 56.5 Å². The zero-order valence-electron chi connectivity index (χ0n) is 26.3. The van der Waals surface area contributed by atoms with Gasteiger partial charge in [-0.2, -0.15) is 5.10 Å². The molecule has 3 aromatic carbocycles. The van der Waals surface area contributed by atoms with Gasteiger partial charge in [0.2, 0.25) is 0 Å². The van der Waals surface area contributed by atoms with E-state index in [0.29, 0.717) is 53.0 Å². The number of hydrogen-bond acceptors (Lipinski definition) is 10. The van der Waals surface area contributed by atoms with Crippen LogP contribution in [0, 0.1) is 9.39 Å². The molecule has 0 saturated carbocycles. The summed E-state index contributed by atoms with van der Waals surface area (Å²) < 4.78 is 42.3. The number of urea groups is 1. The number of hydrogen-bond donors (Lipinski definition) is 4. The number of aliphatic hydroxyl groups is 1. The molecule has 2 amide bonds. The smallest absolute Gasteiger partial charge is 0.337 e. The maximum atomic E-state index is 13.2. The topological polar surface area (TPSA) is 149 Å². The largest absolute Gasteiger partial charge is 0.490 e. The number of halogens is 2. The van der Waals surface area contributed by atoms with Crippen LogP contribution >= 0.6 is 22.6 Å². The first-order chi connectivity index (χ1) is 22.6. The molecule has 0 spiro atoms. The summed E-state index contributed by atoms with van der Waals surface area (Å²) in [4.78, 5) is 24.6. The van der Waals surface area contributed by atoms with E-state index in [1.54, 1.807) is 50.2 Å². The van der Waals surface area contributed by atoms with Crippen LogP contribution in [0.5, 0.6) is 23.0 Å². The number of benzene rings is 3. The van der Waals surface area contributed by atoms with Crippen LogP contribution in [-0.2, 0) is 16.1 Å². The fourth-order valence-electron chi connectivity index (χ4n) is 4.62. The molecule has 1 aliphatic heterocycles. The van der Waals surface area contributed by atoms with Crippen molar-refractivity contribution in [1.82, 2.24) is 16.1 Å². The van der Waals surface area contributed by atoms with Gasteiger partial charge in [0.15, 0.2) is 29.2 Å². The maximum absolute atomic E-state index is 13.2. The summed E-state index contributed by atoms with van der Waals surface area (Å²) in [5, 5.41) is 20.0. The number of nitrogens with zero attached hydrogens (tertiary/aromatic N) is 1. The molecule has 47 heavy (non-hydrogen) atoms. The molecule has 0 saturated heterocycles. The molecule has 3 aromatic rings. The highest BCUT2D eigenvalue weighted by Crippen LogP contribution is 2.36. The van der Waals surface area contributed by atoms with Gasteiger partial charge in [0, 0.05) is 5.70 Å². The van der Waals surface area contributed by atoms with E-state index in [0.717, 1.165) is 9.13 Å².